The van der Waals surface area contributed by atoms with Crippen LogP contribution in [0.15, 0.2) is 72.9 Å². The average Bonchev–Trinajstić information content (AvgIpc) is 2.74. The fourth-order valence-corrected chi connectivity index (χ4v) is 3.03. The number of methoxy groups -OCH3 is 1. The van der Waals surface area contributed by atoms with Crippen LogP contribution in [0.25, 0.3) is 0 Å². The number of nitrogens with zero attached hydrogens (tertiary/aromatic N) is 2. The molecule has 0 unspecified atom stereocenters. The molecule has 0 aliphatic heterocycles. The summed E-state index contributed by atoms with van der Waals surface area (Å²) in [5.41, 5.74) is 4.61. The largest absolute Gasteiger partial charge is 0.497 e. The van der Waals surface area contributed by atoms with Crippen molar-refractivity contribution in [1.29, 1.82) is 0 Å². The van der Waals surface area contributed by atoms with Gasteiger partial charge in [-0.2, -0.15) is 0 Å². The van der Waals surface area contributed by atoms with Gasteiger partial charge in [0.15, 0.2) is 5.11 Å². The van der Waals surface area contributed by atoms with Crippen molar-refractivity contribution in [3.05, 3.63) is 95.3 Å². The molecular weight excluding hydrogens is 366 g/mol. The van der Waals surface area contributed by atoms with Crippen molar-refractivity contribution in [2.75, 3.05) is 7.11 Å². The molecule has 1 N–H and O–H groups in total. The van der Waals surface area contributed by atoms with Gasteiger partial charge in [-0.25, -0.2) is 0 Å². The number of benzene rings is 2. The Morgan fingerprint density at radius 1 is 0.964 bits per heavy atom. The molecule has 4 nitrogen and oxygen atoms in total. The Balaban J connectivity index is 1.68. The highest BCUT2D eigenvalue weighted by Gasteiger charge is 2.12. The van der Waals surface area contributed by atoms with Crippen LogP contribution in [0.2, 0.25) is 0 Å². The second-order valence-corrected chi connectivity index (χ2v) is 7.06. The molecule has 1 heterocycles. The molecule has 3 rings (SSSR count). The normalized spacial score (nSPS) is 10.4. The number of aryl methyl sites for hydroxylation is 1. The highest BCUT2D eigenvalue weighted by atomic mass is 32.1. The second kappa shape index (κ2) is 9.85. The SMILES string of the molecule is COc1ccc(CNC(=S)N(Cc2ccc(C)cc2)Cc2ccccn2)cc1. The van der Waals surface area contributed by atoms with Crippen LogP contribution in [0.3, 0.4) is 0 Å². The number of nitrogens with one attached hydrogen (secondary N) is 1. The van der Waals surface area contributed by atoms with E-state index in [1.54, 1.807) is 7.11 Å². The van der Waals surface area contributed by atoms with Crippen molar-refractivity contribution in [1.82, 2.24) is 15.2 Å². The fraction of sp³-hybridized carbons (Fsp3) is 0.217. The van der Waals surface area contributed by atoms with E-state index in [-0.39, 0.29) is 0 Å². The Morgan fingerprint density at radius 3 is 2.32 bits per heavy atom. The maximum Gasteiger partial charge on any atom is 0.169 e. The number of aromatic nitrogens is 1. The van der Waals surface area contributed by atoms with Gasteiger partial charge in [-0.15, -0.1) is 0 Å². The maximum atomic E-state index is 5.71. The van der Waals surface area contributed by atoms with E-state index in [9.17, 15) is 0 Å². The summed E-state index contributed by atoms with van der Waals surface area (Å²) in [5.74, 6) is 0.850. The third-order valence-electron chi connectivity index (χ3n) is 4.46. The van der Waals surface area contributed by atoms with Crippen molar-refractivity contribution in [2.24, 2.45) is 0 Å². The monoisotopic (exact) mass is 391 g/mol. The number of pyridine rings is 1. The van der Waals surface area contributed by atoms with Gasteiger partial charge in [0, 0.05) is 19.3 Å². The molecule has 3 aromatic rings. The number of ether oxygens (including phenoxy) is 1. The summed E-state index contributed by atoms with van der Waals surface area (Å²) in [7, 11) is 1.67. The summed E-state index contributed by atoms with van der Waals surface area (Å²) in [5, 5.41) is 4.09. The van der Waals surface area contributed by atoms with E-state index < -0.39 is 0 Å². The summed E-state index contributed by atoms with van der Waals surface area (Å²) in [6, 6.07) is 22.5. The third kappa shape index (κ3) is 5.79. The van der Waals surface area contributed by atoms with Gasteiger partial charge in [0.2, 0.25) is 0 Å². The van der Waals surface area contributed by atoms with Crippen molar-refractivity contribution < 1.29 is 4.74 Å². The lowest BCUT2D eigenvalue weighted by Gasteiger charge is -2.26. The Labute approximate surface area is 172 Å². The average molecular weight is 392 g/mol. The topological polar surface area (TPSA) is 37.4 Å². The lowest BCUT2D eigenvalue weighted by molar-refractivity contribution is 0.393. The highest BCUT2D eigenvalue weighted by Crippen LogP contribution is 2.13. The highest BCUT2D eigenvalue weighted by molar-refractivity contribution is 7.80. The Morgan fingerprint density at radius 2 is 1.68 bits per heavy atom. The van der Waals surface area contributed by atoms with E-state index in [1.807, 2.05) is 48.7 Å². The van der Waals surface area contributed by atoms with Gasteiger partial charge in [-0.3, -0.25) is 4.98 Å². The van der Waals surface area contributed by atoms with Crippen LogP contribution in [0, 0.1) is 6.92 Å². The van der Waals surface area contributed by atoms with Crippen LogP contribution >= 0.6 is 12.2 Å². The first-order chi connectivity index (χ1) is 13.6. The summed E-state index contributed by atoms with van der Waals surface area (Å²) in [6.07, 6.45) is 1.81. The number of hydrogen-bond acceptors (Lipinski definition) is 3. The van der Waals surface area contributed by atoms with Crippen LogP contribution < -0.4 is 10.1 Å². The van der Waals surface area contributed by atoms with Gasteiger partial charge in [-0.05, 0) is 54.5 Å². The van der Waals surface area contributed by atoms with E-state index in [0.717, 1.165) is 23.6 Å². The smallest absolute Gasteiger partial charge is 0.169 e. The lowest BCUT2D eigenvalue weighted by Crippen LogP contribution is -2.38. The van der Waals surface area contributed by atoms with Crippen molar-refractivity contribution in [3.63, 3.8) is 0 Å². The molecule has 0 aliphatic rings. The van der Waals surface area contributed by atoms with Crippen LogP contribution in [-0.4, -0.2) is 22.1 Å². The molecule has 0 fully saturated rings. The van der Waals surface area contributed by atoms with Crippen LogP contribution in [0.1, 0.15) is 22.4 Å². The van der Waals surface area contributed by atoms with Crippen molar-refractivity contribution in [2.45, 2.75) is 26.6 Å². The molecule has 5 heteroatoms. The molecule has 0 saturated carbocycles. The van der Waals surface area contributed by atoms with E-state index in [0.29, 0.717) is 18.2 Å². The molecule has 28 heavy (non-hydrogen) atoms. The Kier molecular flexibility index (Phi) is 6.98. The van der Waals surface area contributed by atoms with E-state index in [1.165, 1.54) is 11.1 Å². The zero-order valence-electron chi connectivity index (χ0n) is 16.3. The van der Waals surface area contributed by atoms with E-state index in [4.69, 9.17) is 17.0 Å². The molecule has 0 aliphatic carbocycles. The van der Waals surface area contributed by atoms with Gasteiger partial charge >= 0.3 is 0 Å². The minimum atomic E-state index is 0.656. The lowest BCUT2D eigenvalue weighted by atomic mass is 10.1. The second-order valence-electron chi connectivity index (χ2n) is 6.67. The van der Waals surface area contributed by atoms with Crippen molar-refractivity contribution in [3.8, 4) is 5.75 Å². The van der Waals surface area contributed by atoms with Gasteiger partial charge in [0.1, 0.15) is 5.75 Å². The molecule has 0 atom stereocenters. The molecular formula is C23H25N3OS. The van der Waals surface area contributed by atoms with E-state index >= 15 is 0 Å². The third-order valence-corrected chi connectivity index (χ3v) is 4.87. The quantitative estimate of drug-likeness (QED) is 0.601. The molecule has 0 spiro atoms. The Hall–Kier alpha value is -2.92. The van der Waals surface area contributed by atoms with Crippen LogP contribution in [-0.2, 0) is 19.6 Å². The van der Waals surface area contributed by atoms with Crippen LogP contribution in [0.4, 0.5) is 0 Å². The van der Waals surface area contributed by atoms with E-state index in [2.05, 4.69) is 46.4 Å². The molecule has 0 radical (unpaired) electrons. The number of rotatable bonds is 7. The minimum absolute atomic E-state index is 0.656. The number of thiocarbonyl (C=S) groups is 1. The Bertz CT molecular complexity index is 880. The van der Waals surface area contributed by atoms with Crippen LogP contribution in [0.5, 0.6) is 5.75 Å². The van der Waals surface area contributed by atoms with Gasteiger partial charge in [0.05, 0.1) is 19.3 Å². The molecule has 0 amide bonds. The van der Waals surface area contributed by atoms with Gasteiger partial charge in [0.25, 0.3) is 0 Å². The molecule has 1 aromatic heterocycles. The summed E-state index contributed by atoms with van der Waals surface area (Å²) in [4.78, 5) is 6.60. The predicted molar refractivity (Wildman–Crippen MR) is 117 cm³/mol. The van der Waals surface area contributed by atoms with Gasteiger partial charge < -0.3 is 15.0 Å². The fourth-order valence-electron chi connectivity index (χ4n) is 2.83. The zero-order valence-corrected chi connectivity index (χ0v) is 17.1. The molecule has 144 valence electrons. The van der Waals surface area contributed by atoms with Crippen molar-refractivity contribution >= 4 is 17.3 Å². The first-order valence-electron chi connectivity index (χ1n) is 9.25. The predicted octanol–water partition coefficient (Wildman–Crippen LogP) is 4.48. The first kappa shape index (κ1) is 19.8. The van der Waals surface area contributed by atoms with Gasteiger partial charge in [-0.1, -0.05) is 48.0 Å². The molecule has 2 aromatic carbocycles. The first-order valence-corrected chi connectivity index (χ1v) is 9.66. The minimum Gasteiger partial charge on any atom is -0.497 e. The maximum absolute atomic E-state index is 5.71. The summed E-state index contributed by atoms with van der Waals surface area (Å²) < 4.78 is 5.21. The zero-order chi connectivity index (χ0) is 19.8. The number of hydrogen-bond donors (Lipinski definition) is 1. The summed E-state index contributed by atoms with van der Waals surface area (Å²) >= 11 is 5.71. The molecule has 0 saturated heterocycles. The summed E-state index contributed by atoms with van der Waals surface area (Å²) in [6.45, 7) is 4.14. The molecule has 0 bridgehead atoms. The standard InChI is InChI=1S/C23H25N3OS/c1-18-6-8-20(9-7-18)16-26(17-21-5-3-4-14-24-21)23(28)25-15-19-10-12-22(27-2)13-11-19/h3-14H,15-17H2,1-2H3,(H,25,28).